The lowest BCUT2D eigenvalue weighted by Gasteiger charge is -2.19. The highest BCUT2D eigenvalue weighted by atomic mass is 15.1. The van der Waals surface area contributed by atoms with Crippen molar-refractivity contribution in [2.24, 2.45) is 0 Å². The van der Waals surface area contributed by atoms with E-state index >= 15 is 0 Å². The molecule has 10 aromatic rings. The number of hydrogen-bond acceptors (Lipinski definition) is 3. The normalized spacial score (nSPS) is 11.5. The minimum atomic E-state index is 0.904. The van der Waals surface area contributed by atoms with E-state index in [-0.39, 0.29) is 0 Å². The summed E-state index contributed by atoms with van der Waals surface area (Å²) in [5.41, 5.74) is 12.1. The zero-order chi connectivity index (χ0) is 33.7. The molecule has 0 bridgehead atoms. The van der Waals surface area contributed by atoms with E-state index in [1.807, 2.05) is 55.0 Å². The summed E-state index contributed by atoms with van der Waals surface area (Å²) in [6, 6.07) is 57.4. The van der Waals surface area contributed by atoms with Crippen LogP contribution in [0.2, 0.25) is 0 Å². The minimum absolute atomic E-state index is 0.904. The fraction of sp³-hybridized carbons (Fsp3) is 0. The number of aromatic nitrogens is 6. The molecule has 0 amide bonds. The zero-order valence-electron chi connectivity index (χ0n) is 27.5. The van der Waals surface area contributed by atoms with Crippen LogP contribution in [0.1, 0.15) is 0 Å². The lowest BCUT2D eigenvalue weighted by molar-refractivity contribution is 1.05. The number of nitrogens with zero attached hydrogens (tertiary/aromatic N) is 6. The van der Waals surface area contributed by atoms with E-state index in [4.69, 9.17) is 15.0 Å². The SMILES string of the molecule is c1ccc(-c2cc3ccccc3n2-c2cc(-n3c(-c4ccccn4)cc4ccccc43)cc(-n3c(-c4ccccn4)cc4ccccc43)c2)nc1. The Morgan fingerprint density at radius 2 is 0.588 bits per heavy atom. The van der Waals surface area contributed by atoms with Crippen LogP contribution >= 0.6 is 0 Å². The molecule has 10 rings (SSSR count). The van der Waals surface area contributed by atoms with Gasteiger partial charge in [0.2, 0.25) is 0 Å². The van der Waals surface area contributed by atoms with Crippen molar-refractivity contribution in [2.45, 2.75) is 0 Å². The van der Waals surface area contributed by atoms with Gasteiger partial charge >= 0.3 is 0 Å². The Morgan fingerprint density at radius 3 is 0.882 bits per heavy atom. The third kappa shape index (κ3) is 4.84. The fourth-order valence-corrected chi connectivity index (χ4v) is 7.37. The Labute approximate surface area is 294 Å². The van der Waals surface area contributed by atoms with Gasteiger partial charge in [0.05, 0.1) is 67.8 Å². The van der Waals surface area contributed by atoms with Crippen molar-refractivity contribution in [1.82, 2.24) is 28.7 Å². The highest BCUT2D eigenvalue weighted by Gasteiger charge is 2.21. The molecule has 6 nitrogen and oxygen atoms in total. The molecule has 51 heavy (non-hydrogen) atoms. The number of para-hydroxylation sites is 3. The van der Waals surface area contributed by atoms with Gasteiger partial charge in [-0.05, 0) is 91.0 Å². The van der Waals surface area contributed by atoms with E-state index in [1.165, 1.54) is 0 Å². The molecular weight excluding hydrogens is 625 g/mol. The molecule has 0 radical (unpaired) electrons. The molecule has 0 saturated heterocycles. The predicted octanol–water partition coefficient (Wildman–Crippen LogP) is 10.7. The summed E-state index contributed by atoms with van der Waals surface area (Å²) < 4.78 is 7.01. The third-order valence-corrected chi connectivity index (χ3v) is 9.58. The standard InChI is InChI=1S/C45H30N6/c1-4-19-40-31(13-1)25-43(37-16-7-10-22-46-37)49(40)34-28-35(50-41-20-5-2-14-32(41)26-44(50)38-17-8-11-23-47-38)30-36(29-34)51-42-21-6-3-15-33(42)27-45(51)39-18-9-12-24-48-39/h1-30H. The van der Waals surface area contributed by atoms with Crippen molar-refractivity contribution in [3.05, 3.63) is 182 Å². The molecule has 4 aromatic carbocycles. The Morgan fingerprint density at radius 1 is 0.294 bits per heavy atom. The quantitative estimate of drug-likeness (QED) is 0.179. The van der Waals surface area contributed by atoms with Gasteiger partial charge in [0.15, 0.2) is 0 Å². The van der Waals surface area contributed by atoms with Crippen LogP contribution in [0.5, 0.6) is 0 Å². The molecule has 6 heteroatoms. The Kier molecular flexibility index (Phi) is 6.70. The monoisotopic (exact) mass is 654 g/mol. The maximum Gasteiger partial charge on any atom is 0.0870 e. The Balaban J connectivity index is 1.34. The molecule has 0 fully saturated rings. The molecular formula is C45H30N6. The van der Waals surface area contributed by atoms with Crippen molar-refractivity contribution < 1.29 is 0 Å². The van der Waals surface area contributed by atoms with E-state index in [1.54, 1.807) is 0 Å². The number of benzene rings is 4. The van der Waals surface area contributed by atoms with Crippen LogP contribution in [-0.2, 0) is 0 Å². The van der Waals surface area contributed by atoms with Gasteiger partial charge in [0, 0.05) is 34.7 Å². The van der Waals surface area contributed by atoms with Crippen molar-refractivity contribution in [3.8, 4) is 51.2 Å². The van der Waals surface area contributed by atoms with Gasteiger partial charge in [-0.1, -0.05) is 72.8 Å². The summed E-state index contributed by atoms with van der Waals surface area (Å²) >= 11 is 0. The average Bonchev–Trinajstić information content (AvgIpc) is 3.91. The lowest BCUT2D eigenvalue weighted by atomic mass is 10.1. The van der Waals surface area contributed by atoms with E-state index in [9.17, 15) is 0 Å². The van der Waals surface area contributed by atoms with Gasteiger partial charge in [-0.15, -0.1) is 0 Å². The van der Waals surface area contributed by atoms with Gasteiger partial charge in [-0.25, -0.2) is 0 Å². The van der Waals surface area contributed by atoms with Gasteiger partial charge in [-0.3, -0.25) is 15.0 Å². The summed E-state index contributed by atoms with van der Waals surface area (Å²) in [5.74, 6) is 0. The number of hydrogen-bond donors (Lipinski definition) is 0. The van der Waals surface area contributed by atoms with Crippen molar-refractivity contribution >= 4 is 32.7 Å². The van der Waals surface area contributed by atoms with Gasteiger partial charge in [0.25, 0.3) is 0 Å². The van der Waals surface area contributed by atoms with Crippen LogP contribution < -0.4 is 0 Å². The van der Waals surface area contributed by atoms with E-state index in [0.717, 1.165) is 83.9 Å². The molecule has 240 valence electrons. The van der Waals surface area contributed by atoms with Crippen LogP contribution in [0.15, 0.2) is 182 Å². The molecule has 0 saturated carbocycles. The molecule has 0 N–H and O–H groups in total. The summed E-state index contributed by atoms with van der Waals surface area (Å²) in [6.45, 7) is 0. The first-order valence-electron chi connectivity index (χ1n) is 17.0. The first-order chi connectivity index (χ1) is 25.3. The second-order valence-corrected chi connectivity index (χ2v) is 12.6. The van der Waals surface area contributed by atoms with E-state index < -0.39 is 0 Å². The minimum Gasteiger partial charge on any atom is -0.308 e. The molecule has 0 spiro atoms. The largest absolute Gasteiger partial charge is 0.308 e. The number of fused-ring (bicyclic) bond motifs is 3. The summed E-state index contributed by atoms with van der Waals surface area (Å²) in [7, 11) is 0. The second-order valence-electron chi connectivity index (χ2n) is 12.6. The summed E-state index contributed by atoms with van der Waals surface area (Å²) in [4.78, 5) is 14.5. The maximum absolute atomic E-state index is 4.82. The molecule has 0 aliphatic heterocycles. The van der Waals surface area contributed by atoms with E-state index in [0.29, 0.717) is 0 Å². The smallest absolute Gasteiger partial charge is 0.0870 e. The van der Waals surface area contributed by atoms with Gasteiger partial charge < -0.3 is 13.7 Å². The second kappa shape index (κ2) is 11.8. The molecule has 0 unspecified atom stereocenters. The van der Waals surface area contributed by atoms with Crippen molar-refractivity contribution in [1.29, 1.82) is 0 Å². The van der Waals surface area contributed by atoms with Gasteiger partial charge in [0.1, 0.15) is 0 Å². The Bertz CT molecular complexity index is 2520. The number of pyridine rings is 3. The maximum atomic E-state index is 4.82. The summed E-state index contributed by atoms with van der Waals surface area (Å²) in [5, 5.41) is 3.43. The van der Waals surface area contributed by atoms with Crippen molar-refractivity contribution in [3.63, 3.8) is 0 Å². The van der Waals surface area contributed by atoms with Crippen LogP contribution in [-0.4, -0.2) is 28.7 Å². The molecule has 0 aliphatic carbocycles. The Hall–Kier alpha value is -7.05. The van der Waals surface area contributed by atoms with Crippen LogP contribution in [0.25, 0.3) is 83.9 Å². The highest BCUT2D eigenvalue weighted by molar-refractivity contribution is 5.92. The summed E-state index contributed by atoms with van der Waals surface area (Å²) in [6.07, 6.45) is 5.57. The molecule has 0 atom stereocenters. The first kappa shape index (κ1) is 28.9. The predicted molar refractivity (Wildman–Crippen MR) is 207 cm³/mol. The molecule has 0 aliphatic rings. The lowest BCUT2D eigenvalue weighted by Crippen LogP contribution is -2.06. The fourth-order valence-electron chi connectivity index (χ4n) is 7.37. The van der Waals surface area contributed by atoms with Crippen molar-refractivity contribution in [2.75, 3.05) is 0 Å². The average molecular weight is 655 g/mol. The number of rotatable bonds is 6. The highest BCUT2D eigenvalue weighted by Crippen LogP contribution is 2.38. The molecule has 6 heterocycles. The molecule has 6 aromatic heterocycles. The third-order valence-electron chi connectivity index (χ3n) is 9.58. The van der Waals surface area contributed by atoms with Crippen LogP contribution in [0, 0.1) is 0 Å². The first-order valence-corrected chi connectivity index (χ1v) is 17.0. The van der Waals surface area contributed by atoms with Crippen LogP contribution in [0.4, 0.5) is 0 Å². The van der Waals surface area contributed by atoms with E-state index in [2.05, 4.69) is 141 Å². The zero-order valence-corrected chi connectivity index (χ0v) is 27.5. The van der Waals surface area contributed by atoms with Gasteiger partial charge in [-0.2, -0.15) is 0 Å². The van der Waals surface area contributed by atoms with Crippen LogP contribution in [0.3, 0.4) is 0 Å². The topological polar surface area (TPSA) is 53.5 Å².